The fourth-order valence-corrected chi connectivity index (χ4v) is 0. The van der Waals surface area contributed by atoms with Gasteiger partial charge in [-0.15, -0.1) is 0 Å². The van der Waals surface area contributed by atoms with Crippen LogP contribution >= 0.6 is 0 Å². The van der Waals surface area contributed by atoms with E-state index in [-0.39, 0.29) is 67.7 Å². The topological polar surface area (TPSA) is 184 Å². The summed E-state index contributed by atoms with van der Waals surface area (Å²) in [5, 5.41) is 0. The van der Waals surface area contributed by atoms with Gasteiger partial charge < -0.3 is 56.5 Å². The molecule has 0 saturated heterocycles. The Bertz CT molecular complexity index is 66.3. The molecule has 0 N–H and O–H groups in total. The zero-order valence-corrected chi connectivity index (χ0v) is 11.5. The van der Waals surface area contributed by atoms with Crippen molar-refractivity contribution in [2.75, 3.05) is 0 Å². The second kappa shape index (κ2) is 15.2. The Morgan fingerprint density at radius 3 is 0.429 bits per heavy atom. The minimum atomic E-state index is -5.61. The molecule has 0 rings (SSSR count). The molecule has 0 aliphatic rings. The van der Waals surface area contributed by atoms with Crippen molar-refractivity contribution in [3.05, 3.63) is 0 Å². The van der Waals surface area contributed by atoms with Gasteiger partial charge in [-0.25, -0.2) is 0 Å². The van der Waals surface area contributed by atoms with Crippen molar-refractivity contribution in [1.82, 2.24) is 0 Å². The van der Waals surface area contributed by atoms with Crippen molar-refractivity contribution in [2.45, 2.75) is 0 Å². The molecule has 0 aromatic rings. The average Bonchev–Trinajstić information content (AvgIpc) is 1.12. The molecule has 0 heterocycles. The summed E-state index contributed by atoms with van der Waals surface area (Å²) in [4.78, 5) is 68.6. The van der Waals surface area contributed by atoms with Crippen molar-refractivity contribution in [3.63, 3.8) is 0 Å². The second-order valence-electron chi connectivity index (χ2n) is 1.00. The van der Waals surface area contributed by atoms with E-state index in [1.165, 1.54) is 0 Å². The van der Waals surface area contributed by atoms with Gasteiger partial charge in [-0.3, -0.25) is 0 Å². The Labute approximate surface area is 123 Å². The van der Waals surface area contributed by atoms with Crippen LogP contribution in [0.25, 0.3) is 0 Å². The first kappa shape index (κ1) is 36.0. The molecule has 0 saturated carbocycles. The van der Waals surface area contributed by atoms with Crippen LogP contribution in [-0.2, 0) is 67.7 Å². The molecule has 0 aromatic carbocycles. The molecule has 0 spiro atoms. The number of rotatable bonds is 0. The van der Waals surface area contributed by atoms with Crippen LogP contribution in [0.5, 0.6) is 0 Å². The molecule has 0 aliphatic carbocycles. The normalized spacial score (nSPS) is 8.57. The first-order valence-electron chi connectivity index (χ1n) is 1.63. The molecule has 0 aliphatic heterocycles. The molecule has 0 fully saturated rings. The van der Waals surface area contributed by atoms with E-state index in [1.807, 2.05) is 0 Å². The molecule has 96 valence electrons. The van der Waals surface area contributed by atoms with Crippen molar-refractivity contribution in [1.29, 1.82) is 0 Å². The quantitative estimate of drug-likeness (QED) is 0.340. The summed E-state index contributed by atoms with van der Waals surface area (Å²) in [6, 6.07) is 0. The van der Waals surface area contributed by atoms with E-state index in [1.54, 1.807) is 0 Å². The van der Waals surface area contributed by atoms with Gasteiger partial charge in [0, 0.05) is 0 Å². The smallest absolute Gasteiger partial charge is 0.894 e. The van der Waals surface area contributed by atoms with Crippen LogP contribution < -0.4 is 38.4 Å². The van der Waals surface area contributed by atoms with E-state index in [0.29, 0.717) is 0 Å². The van der Waals surface area contributed by atoms with E-state index >= 15 is 0 Å². The van der Waals surface area contributed by atoms with Crippen molar-refractivity contribution in [2.24, 2.45) is 0 Å². The monoisotopic (exact) mass is 428 g/mol. The predicted octanol–water partition coefficient (Wildman–Crippen LogP) is -10.3. The van der Waals surface area contributed by atoms with Gasteiger partial charge in [-0.05, 0) is 0 Å². The number of hydrogen-bond donors (Lipinski definition) is 0. The maximum atomic E-state index is 8.58. The fraction of sp³-hybridized carbons (Fsp3) is 0. The van der Waals surface area contributed by atoms with E-state index in [9.17, 15) is 0 Å². The summed E-state index contributed by atoms with van der Waals surface area (Å²) in [7, 11) is -11.2. The summed E-state index contributed by atoms with van der Waals surface area (Å²) in [6.07, 6.45) is 0. The Morgan fingerprint density at radius 1 is 0.429 bits per heavy atom. The summed E-state index contributed by atoms with van der Waals surface area (Å²) < 4.78 is 0. The predicted molar refractivity (Wildman–Crippen MR) is 11.5 cm³/mol. The molecule has 14 heavy (non-hydrogen) atoms. The summed E-state index contributed by atoms with van der Waals surface area (Å²) in [5.41, 5.74) is 0. The minimum Gasteiger partial charge on any atom is -0.894 e. The van der Waals surface area contributed by atoms with E-state index in [0.717, 1.165) is 0 Å². The van der Waals surface area contributed by atoms with Gasteiger partial charge in [-0.1, -0.05) is 0 Å². The molecule has 4 radical (unpaired) electrons. The third kappa shape index (κ3) is 524. The molecule has 0 bridgehead atoms. The van der Waals surface area contributed by atoms with Crippen LogP contribution in [0.2, 0.25) is 0 Å². The minimum absolute atomic E-state index is 0. The number of hydrogen-bond acceptors (Lipinski definition) is 8. The van der Waals surface area contributed by atoms with Crippen LogP contribution in [0.15, 0.2) is 0 Å². The Hall–Kier alpha value is 2.17. The molecule has 0 aromatic heterocycles. The average molecular weight is 429 g/mol. The molecular weight excluding hydrogens is 429 g/mol. The summed E-state index contributed by atoms with van der Waals surface area (Å²) in [5.74, 6) is 0. The maximum absolute atomic E-state index is 8.58. The third-order valence-electron chi connectivity index (χ3n) is 0. The Balaban J connectivity index is -0.0000000178. The largest absolute Gasteiger partial charge is 2.00 e. The molecule has 0 unspecified atom stereocenters. The van der Waals surface area contributed by atoms with Gasteiger partial charge in [0.25, 0.3) is 0 Å². The molecule has 0 amide bonds. The van der Waals surface area contributed by atoms with E-state index < -0.39 is 18.1 Å². The summed E-state index contributed by atoms with van der Waals surface area (Å²) in [6.45, 7) is 0. The van der Waals surface area contributed by atoms with Gasteiger partial charge in [-0.2, -0.15) is 0 Å². The first-order valence-corrected chi connectivity index (χ1v) is 4.90. The van der Waals surface area contributed by atoms with Crippen LogP contribution in [0.4, 0.5) is 0 Å². The second-order valence-corrected chi connectivity index (χ2v) is 3.00. The SMILES string of the molecule is [Co+2].[Co+2].[Cu+2].[Cu+2].[O-][Si]([O-])([O-])[O-].[O-][Si]([O-])([O-])[O-]. The van der Waals surface area contributed by atoms with Gasteiger partial charge >= 0.3 is 67.7 Å². The van der Waals surface area contributed by atoms with Crippen molar-refractivity contribution in [3.8, 4) is 0 Å². The van der Waals surface area contributed by atoms with Crippen LogP contribution in [0, 0.1) is 0 Å². The van der Waals surface area contributed by atoms with Crippen LogP contribution in [0.1, 0.15) is 0 Å². The zero-order valence-electron chi connectivity index (χ0n) is 5.54. The maximum Gasteiger partial charge on any atom is 2.00 e. The van der Waals surface area contributed by atoms with Crippen LogP contribution in [-0.4, -0.2) is 18.1 Å². The fourth-order valence-electron chi connectivity index (χ4n) is 0. The molecule has 8 nitrogen and oxygen atoms in total. The van der Waals surface area contributed by atoms with E-state index in [2.05, 4.69) is 0 Å². The van der Waals surface area contributed by atoms with Gasteiger partial charge in [0.2, 0.25) is 0 Å². The molecular formula is Co2Cu2O8Si2. The summed E-state index contributed by atoms with van der Waals surface area (Å²) >= 11 is 0. The molecule has 14 heteroatoms. The Morgan fingerprint density at radius 2 is 0.429 bits per heavy atom. The third-order valence-corrected chi connectivity index (χ3v) is 0. The zero-order chi connectivity index (χ0) is 9.00. The molecule has 0 atom stereocenters. The van der Waals surface area contributed by atoms with Gasteiger partial charge in [0.05, 0.1) is 0 Å². The van der Waals surface area contributed by atoms with Gasteiger partial charge in [0.15, 0.2) is 0 Å². The van der Waals surface area contributed by atoms with Crippen molar-refractivity contribution < 1.29 is 106 Å². The standard InChI is InChI=1S/2Co.2Cu.2O4Si/c;;;;2*1-5(2,3)4/q4*+2;2*-4. The Kier molecular flexibility index (Phi) is 39.0. The van der Waals surface area contributed by atoms with Crippen LogP contribution in [0.3, 0.4) is 0 Å². The van der Waals surface area contributed by atoms with Crippen molar-refractivity contribution >= 4 is 18.1 Å². The van der Waals surface area contributed by atoms with E-state index in [4.69, 9.17) is 38.4 Å². The first-order chi connectivity index (χ1) is 4.00. The van der Waals surface area contributed by atoms with Gasteiger partial charge in [0.1, 0.15) is 0 Å².